The lowest BCUT2D eigenvalue weighted by atomic mass is 9.73. The first kappa shape index (κ1) is 11.2. The zero-order chi connectivity index (χ0) is 10.7. The molecule has 0 bridgehead atoms. The monoisotopic (exact) mass is 198 g/mol. The van der Waals surface area contributed by atoms with E-state index in [9.17, 15) is 9.59 Å². The van der Waals surface area contributed by atoms with E-state index < -0.39 is 11.9 Å². The summed E-state index contributed by atoms with van der Waals surface area (Å²) in [7, 11) is 0. The Labute approximate surface area is 84.0 Å². The SMILES string of the molecule is CCC1CCC(=O)CC1C(N)C(N)=O. The van der Waals surface area contributed by atoms with Crippen LogP contribution >= 0.6 is 0 Å². The molecule has 1 fully saturated rings. The molecule has 1 aliphatic rings. The number of ketones is 1. The molecule has 1 aliphatic carbocycles. The molecule has 0 saturated heterocycles. The van der Waals surface area contributed by atoms with Crippen LogP contribution in [0.3, 0.4) is 0 Å². The molecule has 0 radical (unpaired) electrons. The fourth-order valence-corrected chi connectivity index (χ4v) is 2.23. The van der Waals surface area contributed by atoms with Crippen LogP contribution in [-0.4, -0.2) is 17.7 Å². The zero-order valence-electron chi connectivity index (χ0n) is 8.53. The first-order valence-corrected chi connectivity index (χ1v) is 5.12. The van der Waals surface area contributed by atoms with Crippen LogP contribution in [0.15, 0.2) is 0 Å². The Hall–Kier alpha value is -0.900. The fourth-order valence-electron chi connectivity index (χ4n) is 2.23. The average Bonchev–Trinajstić information content (AvgIpc) is 2.16. The van der Waals surface area contributed by atoms with E-state index in [1.54, 1.807) is 0 Å². The van der Waals surface area contributed by atoms with E-state index in [-0.39, 0.29) is 11.7 Å². The number of primary amides is 1. The standard InChI is InChI=1S/C10H18N2O2/c1-2-6-3-4-7(13)5-8(6)9(11)10(12)14/h6,8-9H,2-5,11H2,1H3,(H2,12,14). The summed E-state index contributed by atoms with van der Waals surface area (Å²) in [5, 5.41) is 0. The van der Waals surface area contributed by atoms with Crippen molar-refractivity contribution in [3.63, 3.8) is 0 Å². The van der Waals surface area contributed by atoms with Crippen LogP contribution in [0.25, 0.3) is 0 Å². The largest absolute Gasteiger partial charge is 0.368 e. The van der Waals surface area contributed by atoms with Crippen molar-refractivity contribution in [2.45, 2.75) is 38.6 Å². The van der Waals surface area contributed by atoms with Crippen LogP contribution in [0.2, 0.25) is 0 Å². The van der Waals surface area contributed by atoms with Gasteiger partial charge in [-0.3, -0.25) is 9.59 Å². The predicted molar refractivity (Wildman–Crippen MR) is 53.3 cm³/mol. The third kappa shape index (κ3) is 2.32. The normalized spacial score (nSPS) is 30.0. The molecule has 0 heterocycles. The van der Waals surface area contributed by atoms with Gasteiger partial charge in [0.2, 0.25) is 5.91 Å². The molecule has 3 atom stereocenters. The third-order valence-electron chi connectivity index (χ3n) is 3.18. The number of hydrogen-bond donors (Lipinski definition) is 2. The molecule has 0 aromatic heterocycles. The lowest BCUT2D eigenvalue weighted by Gasteiger charge is -2.32. The van der Waals surface area contributed by atoms with Crippen LogP contribution < -0.4 is 11.5 Å². The Morgan fingerprint density at radius 2 is 2.29 bits per heavy atom. The first-order chi connectivity index (χ1) is 6.56. The first-order valence-electron chi connectivity index (χ1n) is 5.12. The van der Waals surface area contributed by atoms with Gasteiger partial charge in [0.05, 0.1) is 6.04 Å². The van der Waals surface area contributed by atoms with E-state index in [4.69, 9.17) is 11.5 Å². The molecule has 4 nitrogen and oxygen atoms in total. The summed E-state index contributed by atoms with van der Waals surface area (Å²) in [6.07, 6.45) is 2.85. The van der Waals surface area contributed by atoms with Crippen molar-refractivity contribution in [3.05, 3.63) is 0 Å². The van der Waals surface area contributed by atoms with E-state index in [2.05, 4.69) is 6.92 Å². The minimum Gasteiger partial charge on any atom is -0.368 e. The Morgan fingerprint density at radius 3 is 2.79 bits per heavy atom. The molecule has 4 N–H and O–H groups in total. The van der Waals surface area contributed by atoms with Crippen LogP contribution in [0.4, 0.5) is 0 Å². The fraction of sp³-hybridized carbons (Fsp3) is 0.800. The van der Waals surface area contributed by atoms with Gasteiger partial charge in [0.15, 0.2) is 0 Å². The zero-order valence-corrected chi connectivity index (χ0v) is 8.53. The maximum Gasteiger partial charge on any atom is 0.234 e. The molecule has 4 heteroatoms. The molecule has 14 heavy (non-hydrogen) atoms. The lowest BCUT2D eigenvalue weighted by Crippen LogP contribution is -2.47. The molecule has 3 unspecified atom stereocenters. The quantitative estimate of drug-likeness (QED) is 0.679. The molecule has 1 amide bonds. The molecular formula is C10H18N2O2. The van der Waals surface area contributed by atoms with Crippen molar-refractivity contribution in [1.82, 2.24) is 0 Å². The predicted octanol–water partition coefficient (Wildman–Crippen LogP) is 0.194. The maximum absolute atomic E-state index is 11.3. The summed E-state index contributed by atoms with van der Waals surface area (Å²) in [5.74, 6) is 0.0356. The van der Waals surface area contributed by atoms with Gasteiger partial charge in [-0.1, -0.05) is 13.3 Å². The van der Waals surface area contributed by atoms with Gasteiger partial charge in [0, 0.05) is 12.8 Å². The molecule has 80 valence electrons. The van der Waals surface area contributed by atoms with E-state index in [0.29, 0.717) is 18.8 Å². The van der Waals surface area contributed by atoms with Crippen molar-refractivity contribution in [2.24, 2.45) is 23.3 Å². The van der Waals surface area contributed by atoms with Crippen LogP contribution in [0.1, 0.15) is 32.6 Å². The molecular weight excluding hydrogens is 180 g/mol. The van der Waals surface area contributed by atoms with E-state index in [1.165, 1.54) is 0 Å². The van der Waals surface area contributed by atoms with Gasteiger partial charge in [-0.25, -0.2) is 0 Å². The van der Waals surface area contributed by atoms with E-state index >= 15 is 0 Å². The molecule has 1 rings (SSSR count). The minimum absolute atomic E-state index is 0.0428. The number of carbonyl (C=O) groups excluding carboxylic acids is 2. The van der Waals surface area contributed by atoms with Crippen LogP contribution in [-0.2, 0) is 9.59 Å². The highest BCUT2D eigenvalue weighted by atomic mass is 16.1. The van der Waals surface area contributed by atoms with Gasteiger partial charge < -0.3 is 11.5 Å². The van der Waals surface area contributed by atoms with Gasteiger partial charge >= 0.3 is 0 Å². The molecule has 0 aromatic carbocycles. The second-order valence-corrected chi connectivity index (χ2v) is 4.04. The second kappa shape index (κ2) is 4.55. The maximum atomic E-state index is 11.3. The molecule has 1 saturated carbocycles. The van der Waals surface area contributed by atoms with Gasteiger partial charge in [-0.15, -0.1) is 0 Å². The average molecular weight is 198 g/mol. The van der Waals surface area contributed by atoms with Gasteiger partial charge in [-0.2, -0.15) is 0 Å². The smallest absolute Gasteiger partial charge is 0.234 e. The highest BCUT2D eigenvalue weighted by molar-refractivity contribution is 5.83. The van der Waals surface area contributed by atoms with E-state index in [1.807, 2.05) is 0 Å². The number of amides is 1. The number of Topliss-reactive ketones (excluding diaryl/α,β-unsaturated/α-hetero) is 1. The number of rotatable bonds is 3. The lowest BCUT2D eigenvalue weighted by molar-refractivity contribution is -0.125. The second-order valence-electron chi connectivity index (χ2n) is 4.04. The number of carbonyl (C=O) groups is 2. The Kier molecular flexibility index (Phi) is 3.63. The highest BCUT2D eigenvalue weighted by Crippen LogP contribution is 2.32. The van der Waals surface area contributed by atoms with Crippen LogP contribution in [0.5, 0.6) is 0 Å². The topological polar surface area (TPSA) is 86.2 Å². The summed E-state index contributed by atoms with van der Waals surface area (Å²) in [6, 6.07) is -0.663. The van der Waals surface area contributed by atoms with Crippen molar-refractivity contribution in [3.8, 4) is 0 Å². The summed E-state index contributed by atoms with van der Waals surface area (Å²) in [6.45, 7) is 2.06. The van der Waals surface area contributed by atoms with Crippen LogP contribution in [0, 0.1) is 11.8 Å². The van der Waals surface area contributed by atoms with Crippen molar-refractivity contribution in [2.75, 3.05) is 0 Å². The number of hydrogen-bond acceptors (Lipinski definition) is 3. The van der Waals surface area contributed by atoms with E-state index in [0.717, 1.165) is 12.8 Å². The molecule has 0 aliphatic heterocycles. The highest BCUT2D eigenvalue weighted by Gasteiger charge is 2.34. The Bertz CT molecular complexity index is 238. The molecule has 0 aromatic rings. The van der Waals surface area contributed by atoms with Crippen molar-refractivity contribution < 1.29 is 9.59 Å². The van der Waals surface area contributed by atoms with Gasteiger partial charge in [0.25, 0.3) is 0 Å². The Balaban J connectivity index is 2.70. The summed E-state index contributed by atoms with van der Waals surface area (Å²) >= 11 is 0. The summed E-state index contributed by atoms with van der Waals surface area (Å²) in [4.78, 5) is 22.2. The van der Waals surface area contributed by atoms with Gasteiger partial charge in [-0.05, 0) is 18.3 Å². The van der Waals surface area contributed by atoms with Crippen molar-refractivity contribution >= 4 is 11.7 Å². The van der Waals surface area contributed by atoms with Gasteiger partial charge in [0.1, 0.15) is 5.78 Å². The minimum atomic E-state index is -0.663. The Morgan fingerprint density at radius 1 is 1.64 bits per heavy atom. The molecule has 0 spiro atoms. The third-order valence-corrected chi connectivity index (χ3v) is 3.18. The number of nitrogens with two attached hydrogens (primary N) is 2. The summed E-state index contributed by atoms with van der Waals surface area (Å²) in [5.41, 5.74) is 10.8. The summed E-state index contributed by atoms with van der Waals surface area (Å²) < 4.78 is 0. The van der Waals surface area contributed by atoms with Crippen molar-refractivity contribution in [1.29, 1.82) is 0 Å².